The Morgan fingerprint density at radius 2 is 1.79 bits per heavy atom. The molecule has 0 rings (SSSR count). The third-order valence-corrected chi connectivity index (χ3v) is 1.59. The highest BCUT2D eigenvalue weighted by atomic mass is 19.3. The molecule has 0 aliphatic heterocycles. The van der Waals surface area contributed by atoms with Gasteiger partial charge in [-0.15, -0.1) is 0 Å². The van der Waals surface area contributed by atoms with Crippen molar-refractivity contribution in [1.82, 2.24) is 0 Å². The second-order valence-corrected chi connectivity index (χ2v) is 3.02. The lowest BCUT2D eigenvalue weighted by atomic mass is 10.0. The van der Waals surface area contributed by atoms with Crippen LogP contribution in [0.2, 0.25) is 0 Å². The topological polar surface area (TPSA) is 37.3 Å². The molecule has 0 aliphatic carbocycles. The van der Waals surface area contributed by atoms with Gasteiger partial charge in [-0.05, 0) is 13.8 Å². The second kappa shape index (κ2) is 4.43. The number of hydrogen-bond acceptors (Lipinski definition) is 1. The fraction of sp³-hybridized carbons (Fsp3) is 0.625. The third kappa shape index (κ3) is 3.35. The summed E-state index contributed by atoms with van der Waals surface area (Å²) in [6.45, 7) is 2.57. The summed E-state index contributed by atoms with van der Waals surface area (Å²) >= 11 is 0. The first kappa shape index (κ1) is 12.9. The maximum atomic E-state index is 12.5. The maximum Gasteiger partial charge on any atom is 0.331 e. The number of rotatable bonds is 4. The van der Waals surface area contributed by atoms with Gasteiger partial charge < -0.3 is 5.11 Å². The van der Waals surface area contributed by atoms with Crippen LogP contribution in [0.15, 0.2) is 11.1 Å². The molecule has 14 heavy (non-hydrogen) atoms. The van der Waals surface area contributed by atoms with E-state index in [0.29, 0.717) is 0 Å². The zero-order valence-electron chi connectivity index (χ0n) is 7.65. The summed E-state index contributed by atoms with van der Waals surface area (Å²) in [5, 5.41) is 8.45. The Morgan fingerprint density at radius 1 is 1.36 bits per heavy atom. The SMILES string of the molecule is CC(C)=C(CC(F)(F)C(F)F)C(=O)O. The molecule has 0 unspecified atom stereocenters. The van der Waals surface area contributed by atoms with Crippen LogP contribution in [-0.4, -0.2) is 23.4 Å². The molecule has 0 saturated heterocycles. The van der Waals surface area contributed by atoms with Crippen LogP contribution in [0.4, 0.5) is 17.6 Å². The molecule has 0 atom stereocenters. The van der Waals surface area contributed by atoms with Crippen molar-refractivity contribution in [2.75, 3.05) is 0 Å². The van der Waals surface area contributed by atoms with Crippen molar-refractivity contribution in [2.24, 2.45) is 0 Å². The molecule has 2 nitrogen and oxygen atoms in total. The Kier molecular flexibility index (Phi) is 4.09. The molecule has 0 saturated carbocycles. The Balaban J connectivity index is 4.81. The van der Waals surface area contributed by atoms with Crippen molar-refractivity contribution in [3.63, 3.8) is 0 Å². The van der Waals surface area contributed by atoms with Crippen LogP contribution in [0.5, 0.6) is 0 Å². The molecule has 0 bridgehead atoms. The summed E-state index contributed by atoms with van der Waals surface area (Å²) in [5.74, 6) is -5.88. The summed E-state index contributed by atoms with van der Waals surface area (Å²) in [6, 6.07) is 0. The highest BCUT2D eigenvalue weighted by molar-refractivity contribution is 5.87. The summed E-state index contributed by atoms with van der Waals surface area (Å²) in [6.07, 6.45) is -5.29. The van der Waals surface area contributed by atoms with Crippen LogP contribution < -0.4 is 0 Å². The quantitative estimate of drug-likeness (QED) is 0.577. The first-order chi connectivity index (χ1) is 6.18. The molecule has 1 N–H and O–H groups in total. The monoisotopic (exact) mass is 214 g/mol. The van der Waals surface area contributed by atoms with Crippen molar-refractivity contribution >= 4 is 5.97 Å². The number of aliphatic carboxylic acids is 1. The normalized spacial score (nSPS) is 11.6. The highest BCUT2D eigenvalue weighted by Crippen LogP contribution is 2.31. The van der Waals surface area contributed by atoms with Crippen LogP contribution >= 0.6 is 0 Å². The lowest BCUT2D eigenvalue weighted by Crippen LogP contribution is -2.28. The molecular formula is C8H10F4O2. The van der Waals surface area contributed by atoms with Crippen molar-refractivity contribution in [3.8, 4) is 0 Å². The van der Waals surface area contributed by atoms with Crippen molar-refractivity contribution in [1.29, 1.82) is 0 Å². The van der Waals surface area contributed by atoms with E-state index in [1.807, 2.05) is 0 Å². The minimum absolute atomic E-state index is 0.0952. The van der Waals surface area contributed by atoms with E-state index in [9.17, 15) is 22.4 Å². The van der Waals surface area contributed by atoms with Gasteiger partial charge in [0.15, 0.2) is 0 Å². The average Bonchev–Trinajstić information content (AvgIpc) is 1.98. The summed E-state index contributed by atoms with van der Waals surface area (Å²) < 4.78 is 48.4. The largest absolute Gasteiger partial charge is 0.478 e. The van der Waals surface area contributed by atoms with E-state index < -0.39 is 30.3 Å². The van der Waals surface area contributed by atoms with Crippen LogP contribution in [0.25, 0.3) is 0 Å². The van der Waals surface area contributed by atoms with Crippen LogP contribution in [0.1, 0.15) is 20.3 Å². The molecular weight excluding hydrogens is 204 g/mol. The maximum absolute atomic E-state index is 12.5. The van der Waals surface area contributed by atoms with E-state index in [1.165, 1.54) is 13.8 Å². The molecule has 0 aromatic rings. The fourth-order valence-electron chi connectivity index (χ4n) is 0.779. The smallest absolute Gasteiger partial charge is 0.331 e. The Morgan fingerprint density at radius 3 is 2.00 bits per heavy atom. The molecule has 0 spiro atoms. The molecule has 0 aromatic heterocycles. The van der Waals surface area contributed by atoms with Gasteiger partial charge in [0.1, 0.15) is 0 Å². The summed E-state index contributed by atoms with van der Waals surface area (Å²) in [4.78, 5) is 10.4. The van der Waals surface area contributed by atoms with E-state index in [2.05, 4.69) is 0 Å². The molecule has 82 valence electrons. The number of halogens is 4. The average molecular weight is 214 g/mol. The molecule has 0 radical (unpaired) electrons. The predicted octanol–water partition coefficient (Wildman–Crippen LogP) is 2.70. The number of allylic oxidation sites excluding steroid dienone is 1. The van der Waals surface area contributed by atoms with Crippen LogP contribution in [0.3, 0.4) is 0 Å². The van der Waals surface area contributed by atoms with Crippen molar-refractivity contribution in [3.05, 3.63) is 11.1 Å². The minimum Gasteiger partial charge on any atom is -0.478 e. The van der Waals surface area contributed by atoms with E-state index in [4.69, 9.17) is 5.11 Å². The molecule has 6 heteroatoms. The number of carboxylic acid groups (broad SMARTS) is 1. The molecule has 0 heterocycles. The third-order valence-electron chi connectivity index (χ3n) is 1.59. The Bertz CT molecular complexity index is 254. The van der Waals surface area contributed by atoms with Crippen LogP contribution in [-0.2, 0) is 4.79 Å². The van der Waals surface area contributed by atoms with E-state index >= 15 is 0 Å². The lowest BCUT2D eigenvalue weighted by molar-refractivity contribution is -0.141. The second-order valence-electron chi connectivity index (χ2n) is 3.02. The van der Waals surface area contributed by atoms with Gasteiger partial charge in [0, 0.05) is 12.0 Å². The zero-order chi connectivity index (χ0) is 11.5. The van der Waals surface area contributed by atoms with Crippen molar-refractivity contribution in [2.45, 2.75) is 32.6 Å². The van der Waals surface area contributed by atoms with Gasteiger partial charge in [-0.25, -0.2) is 13.6 Å². The zero-order valence-corrected chi connectivity index (χ0v) is 7.65. The Labute approximate surface area is 78.2 Å². The minimum atomic E-state index is -4.29. The van der Waals surface area contributed by atoms with Gasteiger partial charge in [0.05, 0.1) is 0 Å². The first-order valence-electron chi connectivity index (χ1n) is 3.74. The van der Waals surface area contributed by atoms with Gasteiger partial charge in [0.25, 0.3) is 0 Å². The van der Waals surface area contributed by atoms with Gasteiger partial charge >= 0.3 is 18.3 Å². The number of alkyl halides is 4. The number of carboxylic acids is 1. The van der Waals surface area contributed by atoms with E-state index in [0.717, 1.165) is 0 Å². The van der Waals surface area contributed by atoms with E-state index in [-0.39, 0.29) is 5.57 Å². The van der Waals surface area contributed by atoms with Crippen molar-refractivity contribution < 1.29 is 27.5 Å². The van der Waals surface area contributed by atoms with Gasteiger partial charge in [0.2, 0.25) is 0 Å². The number of carbonyl (C=O) groups is 1. The Hall–Kier alpha value is -1.07. The fourth-order valence-corrected chi connectivity index (χ4v) is 0.779. The van der Waals surface area contributed by atoms with Gasteiger partial charge in [-0.2, -0.15) is 8.78 Å². The van der Waals surface area contributed by atoms with Gasteiger partial charge in [-0.1, -0.05) is 5.57 Å². The highest BCUT2D eigenvalue weighted by Gasteiger charge is 2.42. The van der Waals surface area contributed by atoms with E-state index in [1.54, 1.807) is 0 Å². The molecule has 0 amide bonds. The molecule has 0 fully saturated rings. The van der Waals surface area contributed by atoms with Crippen LogP contribution in [0, 0.1) is 0 Å². The van der Waals surface area contributed by atoms with Gasteiger partial charge in [-0.3, -0.25) is 0 Å². The summed E-state index contributed by atoms with van der Waals surface area (Å²) in [5.41, 5.74) is -0.576. The number of hydrogen-bond donors (Lipinski definition) is 1. The first-order valence-corrected chi connectivity index (χ1v) is 3.74. The molecule has 0 aromatic carbocycles. The predicted molar refractivity (Wildman–Crippen MR) is 41.6 cm³/mol. The molecule has 0 aliphatic rings. The lowest BCUT2D eigenvalue weighted by Gasteiger charge is -2.16. The standard InChI is InChI=1S/C8H10F4O2/c1-4(2)5(6(13)14)3-8(11,12)7(9)10/h7H,3H2,1-2H3,(H,13,14). The summed E-state index contributed by atoms with van der Waals surface area (Å²) in [7, 11) is 0.